The highest BCUT2D eigenvalue weighted by atomic mass is 32.1. The number of carbonyl (C=O) groups excluding carboxylic acids is 2. The van der Waals surface area contributed by atoms with Crippen LogP contribution >= 0.6 is 11.3 Å². The Bertz CT molecular complexity index is 750. The highest BCUT2D eigenvalue weighted by Gasteiger charge is 2.22. The minimum Gasteiger partial charge on any atom is -0.487 e. The number of morpholine rings is 1. The van der Waals surface area contributed by atoms with Crippen molar-refractivity contribution in [1.82, 2.24) is 9.88 Å². The number of aromatic nitrogens is 1. The molecule has 1 atom stereocenters. The van der Waals surface area contributed by atoms with Crippen LogP contribution in [0.15, 0.2) is 35.2 Å². The Kier molecular flexibility index (Phi) is 6.19. The highest BCUT2D eigenvalue weighted by Crippen LogP contribution is 2.16. The number of hydrogen-bond acceptors (Lipinski definition) is 7. The van der Waals surface area contributed by atoms with Crippen molar-refractivity contribution in [2.24, 2.45) is 0 Å². The van der Waals surface area contributed by atoms with E-state index in [9.17, 15) is 9.59 Å². The van der Waals surface area contributed by atoms with Crippen molar-refractivity contribution in [1.29, 1.82) is 0 Å². The van der Waals surface area contributed by atoms with Gasteiger partial charge in [0.15, 0.2) is 6.61 Å². The molecule has 1 aliphatic rings. The fourth-order valence-corrected chi connectivity index (χ4v) is 3.07. The molecular weight excluding hydrogens is 356 g/mol. The van der Waals surface area contributed by atoms with Crippen molar-refractivity contribution in [3.8, 4) is 5.75 Å². The molecule has 1 fully saturated rings. The van der Waals surface area contributed by atoms with E-state index in [0.29, 0.717) is 37.6 Å². The lowest BCUT2D eigenvalue weighted by molar-refractivity contribution is -0.141. The summed E-state index contributed by atoms with van der Waals surface area (Å²) in [6, 6.07) is 6.68. The van der Waals surface area contributed by atoms with Crippen molar-refractivity contribution in [2.45, 2.75) is 19.6 Å². The van der Waals surface area contributed by atoms with Gasteiger partial charge in [-0.05, 0) is 25.1 Å². The Hall–Kier alpha value is -2.45. The summed E-state index contributed by atoms with van der Waals surface area (Å²) >= 11 is 1.49. The third-order valence-corrected chi connectivity index (χ3v) is 4.50. The van der Waals surface area contributed by atoms with Crippen molar-refractivity contribution >= 4 is 23.2 Å². The van der Waals surface area contributed by atoms with Crippen LogP contribution in [0.25, 0.3) is 0 Å². The van der Waals surface area contributed by atoms with Gasteiger partial charge in [0.05, 0.1) is 29.5 Å². The van der Waals surface area contributed by atoms with E-state index in [2.05, 4.69) is 4.98 Å². The summed E-state index contributed by atoms with van der Waals surface area (Å²) < 4.78 is 16.2. The highest BCUT2D eigenvalue weighted by molar-refractivity contribution is 7.07. The number of hydrogen-bond donors (Lipinski definition) is 0. The Morgan fingerprint density at radius 3 is 3.08 bits per heavy atom. The van der Waals surface area contributed by atoms with Gasteiger partial charge >= 0.3 is 5.97 Å². The summed E-state index contributed by atoms with van der Waals surface area (Å²) in [5.41, 5.74) is 2.90. The SMILES string of the molecule is CC1CN(C(=O)COC(=O)c2cccc(OCc3cscn3)c2)CCO1. The van der Waals surface area contributed by atoms with Gasteiger partial charge in [-0.1, -0.05) is 6.07 Å². The van der Waals surface area contributed by atoms with Gasteiger partial charge in [0.2, 0.25) is 0 Å². The zero-order chi connectivity index (χ0) is 18.4. The number of thiazole rings is 1. The number of nitrogens with zero attached hydrogens (tertiary/aromatic N) is 2. The van der Waals surface area contributed by atoms with Crippen LogP contribution in [0, 0.1) is 0 Å². The topological polar surface area (TPSA) is 78.0 Å². The molecule has 0 spiro atoms. The molecule has 26 heavy (non-hydrogen) atoms. The van der Waals surface area contributed by atoms with Crippen LogP contribution in [-0.2, 0) is 20.9 Å². The van der Waals surface area contributed by atoms with Gasteiger partial charge < -0.3 is 19.1 Å². The molecule has 1 aromatic heterocycles. The fourth-order valence-electron chi connectivity index (χ4n) is 2.53. The second-order valence-electron chi connectivity index (χ2n) is 5.89. The standard InChI is InChI=1S/C18H20N2O5S/c1-13-8-20(5-6-23-13)17(21)10-25-18(22)14-3-2-4-16(7-14)24-9-15-11-26-12-19-15/h2-4,7,11-13H,5-6,8-10H2,1H3. The lowest BCUT2D eigenvalue weighted by Crippen LogP contribution is -2.46. The molecule has 1 saturated heterocycles. The average Bonchev–Trinajstić information content (AvgIpc) is 3.18. The predicted molar refractivity (Wildman–Crippen MR) is 95.2 cm³/mol. The van der Waals surface area contributed by atoms with E-state index in [1.165, 1.54) is 11.3 Å². The van der Waals surface area contributed by atoms with E-state index >= 15 is 0 Å². The van der Waals surface area contributed by atoms with Crippen molar-refractivity contribution < 1.29 is 23.8 Å². The molecule has 2 heterocycles. The quantitative estimate of drug-likeness (QED) is 0.719. The molecule has 0 N–H and O–H groups in total. The molecule has 138 valence electrons. The van der Waals surface area contributed by atoms with Gasteiger partial charge in [-0.25, -0.2) is 9.78 Å². The zero-order valence-electron chi connectivity index (χ0n) is 14.4. The lowest BCUT2D eigenvalue weighted by Gasteiger charge is -2.30. The predicted octanol–water partition coefficient (Wildman–Crippen LogP) is 2.13. The van der Waals surface area contributed by atoms with Gasteiger partial charge in [-0.3, -0.25) is 4.79 Å². The minimum atomic E-state index is -0.557. The lowest BCUT2D eigenvalue weighted by atomic mass is 10.2. The summed E-state index contributed by atoms with van der Waals surface area (Å²) in [6.45, 7) is 3.48. The normalized spacial score (nSPS) is 17.0. The Labute approximate surface area is 155 Å². The van der Waals surface area contributed by atoms with Gasteiger partial charge in [0, 0.05) is 18.5 Å². The summed E-state index contributed by atoms with van der Waals surface area (Å²) in [6.07, 6.45) is -0.00468. The van der Waals surface area contributed by atoms with E-state index in [1.54, 1.807) is 34.7 Å². The first-order valence-electron chi connectivity index (χ1n) is 8.28. The Morgan fingerprint density at radius 1 is 1.42 bits per heavy atom. The van der Waals surface area contributed by atoms with E-state index in [4.69, 9.17) is 14.2 Å². The number of carbonyl (C=O) groups is 2. The van der Waals surface area contributed by atoms with E-state index in [0.717, 1.165) is 5.69 Å². The van der Waals surface area contributed by atoms with Gasteiger partial charge in [-0.15, -0.1) is 11.3 Å². The zero-order valence-corrected chi connectivity index (χ0v) is 15.2. The molecule has 0 saturated carbocycles. The van der Waals surface area contributed by atoms with Gasteiger partial charge in [0.1, 0.15) is 12.4 Å². The van der Waals surface area contributed by atoms with Crippen LogP contribution in [0.2, 0.25) is 0 Å². The monoisotopic (exact) mass is 376 g/mol. The molecule has 0 radical (unpaired) electrons. The first-order valence-corrected chi connectivity index (χ1v) is 9.22. The summed E-state index contributed by atoms with van der Waals surface area (Å²) in [5.74, 6) is -0.232. The molecule has 1 aliphatic heterocycles. The first kappa shape index (κ1) is 18.3. The second-order valence-corrected chi connectivity index (χ2v) is 6.61. The smallest absolute Gasteiger partial charge is 0.338 e. The molecule has 7 nitrogen and oxygen atoms in total. The number of amides is 1. The molecular formula is C18H20N2O5S. The molecule has 3 rings (SSSR count). The van der Waals surface area contributed by atoms with E-state index in [-0.39, 0.29) is 18.6 Å². The largest absolute Gasteiger partial charge is 0.487 e. The molecule has 0 aliphatic carbocycles. The number of rotatable bonds is 6. The van der Waals surface area contributed by atoms with Crippen molar-refractivity contribution in [3.63, 3.8) is 0 Å². The second kappa shape index (κ2) is 8.77. The minimum absolute atomic E-state index is 0.00468. The van der Waals surface area contributed by atoms with Crippen LogP contribution in [0.5, 0.6) is 5.75 Å². The van der Waals surface area contributed by atoms with Crippen LogP contribution in [-0.4, -0.2) is 54.2 Å². The number of ether oxygens (including phenoxy) is 3. The van der Waals surface area contributed by atoms with Gasteiger partial charge in [0.25, 0.3) is 5.91 Å². The maximum Gasteiger partial charge on any atom is 0.338 e. The van der Waals surface area contributed by atoms with Crippen molar-refractivity contribution in [3.05, 3.63) is 46.4 Å². The maximum absolute atomic E-state index is 12.2. The van der Waals surface area contributed by atoms with E-state index in [1.807, 2.05) is 12.3 Å². The van der Waals surface area contributed by atoms with Crippen LogP contribution in [0.3, 0.4) is 0 Å². The molecule has 1 aromatic carbocycles. The van der Waals surface area contributed by atoms with Gasteiger partial charge in [-0.2, -0.15) is 0 Å². The molecule has 8 heteroatoms. The average molecular weight is 376 g/mol. The number of benzene rings is 1. The summed E-state index contributed by atoms with van der Waals surface area (Å²) in [7, 11) is 0. The Balaban J connectivity index is 1.51. The number of esters is 1. The molecule has 1 amide bonds. The Morgan fingerprint density at radius 2 is 2.31 bits per heavy atom. The molecule has 0 bridgehead atoms. The summed E-state index contributed by atoms with van der Waals surface area (Å²) in [4.78, 5) is 30.1. The third-order valence-electron chi connectivity index (χ3n) is 3.86. The van der Waals surface area contributed by atoms with E-state index < -0.39 is 5.97 Å². The van der Waals surface area contributed by atoms with Crippen molar-refractivity contribution in [2.75, 3.05) is 26.3 Å². The first-order chi connectivity index (χ1) is 12.6. The molecule has 1 unspecified atom stereocenters. The summed E-state index contributed by atoms with van der Waals surface area (Å²) in [5, 5.41) is 1.90. The third kappa shape index (κ3) is 5.03. The van der Waals surface area contributed by atoms with Crippen LogP contribution in [0.4, 0.5) is 0 Å². The van der Waals surface area contributed by atoms with Crippen LogP contribution < -0.4 is 4.74 Å². The fraction of sp³-hybridized carbons (Fsp3) is 0.389. The maximum atomic E-state index is 12.2. The molecule has 2 aromatic rings. The van der Waals surface area contributed by atoms with Crippen LogP contribution in [0.1, 0.15) is 23.0 Å².